The molecule has 0 atom stereocenters. The van der Waals surface area contributed by atoms with Gasteiger partial charge >= 0.3 is 11.9 Å². The summed E-state index contributed by atoms with van der Waals surface area (Å²) in [5.41, 5.74) is -2.09. The summed E-state index contributed by atoms with van der Waals surface area (Å²) < 4.78 is 0. The lowest BCUT2D eigenvalue weighted by atomic mass is 9.81. The van der Waals surface area contributed by atoms with E-state index in [9.17, 15) is 9.59 Å². The molecular weight excluding hydrogens is 243 g/mol. The number of aliphatic carboxylic acids is 2. The maximum atomic E-state index is 11.0. The molecule has 2 N–H and O–H groups in total. The van der Waals surface area contributed by atoms with Gasteiger partial charge in [-0.1, -0.05) is 36.4 Å². The van der Waals surface area contributed by atoms with Crippen molar-refractivity contribution in [1.29, 1.82) is 0 Å². The van der Waals surface area contributed by atoms with Crippen LogP contribution in [0.25, 0.3) is 0 Å². The van der Waals surface area contributed by atoms with Crippen LogP contribution in [0.5, 0.6) is 0 Å². The predicted molar refractivity (Wildman–Crippen MR) is 56.9 cm³/mol. The van der Waals surface area contributed by atoms with Crippen LogP contribution in [-0.4, -0.2) is 22.2 Å². The highest BCUT2D eigenvalue weighted by Gasteiger charge is 2.47. The van der Waals surface area contributed by atoms with E-state index in [1.807, 2.05) is 0 Å². The van der Waals surface area contributed by atoms with Gasteiger partial charge in [0.15, 0.2) is 5.41 Å². The lowest BCUT2D eigenvalue weighted by Gasteiger charge is -2.23. The van der Waals surface area contributed by atoms with Gasteiger partial charge in [-0.05, 0) is 0 Å². The van der Waals surface area contributed by atoms with Gasteiger partial charge in [-0.2, -0.15) is 0 Å². The van der Waals surface area contributed by atoms with Gasteiger partial charge in [0.2, 0.25) is 0 Å². The van der Waals surface area contributed by atoms with Crippen LogP contribution in [-0.2, 0) is 9.59 Å². The number of carboxylic acid groups (broad SMARTS) is 2. The van der Waals surface area contributed by atoms with E-state index in [0.717, 1.165) is 0 Å². The average molecular weight is 253 g/mol. The van der Waals surface area contributed by atoms with Crippen molar-refractivity contribution in [3.05, 3.63) is 23.2 Å². The van der Waals surface area contributed by atoms with Gasteiger partial charge < -0.3 is 10.2 Å². The molecule has 0 aromatic rings. The van der Waals surface area contributed by atoms with Gasteiger partial charge in [0.05, 0.1) is 0 Å². The molecule has 0 heterocycles. The fourth-order valence-electron chi connectivity index (χ4n) is 1.11. The first-order chi connectivity index (χ1) is 6.72. The summed E-state index contributed by atoms with van der Waals surface area (Å²) in [6.45, 7) is 6.56. The molecule has 0 aliphatic heterocycles. The Hall–Kier alpha value is -1.00. The van der Waals surface area contributed by atoms with E-state index in [1.165, 1.54) is 0 Å². The van der Waals surface area contributed by atoms with Crippen molar-refractivity contribution in [2.24, 2.45) is 5.41 Å². The minimum Gasteiger partial charge on any atom is -0.480 e. The highest BCUT2D eigenvalue weighted by atomic mass is 35.5. The summed E-state index contributed by atoms with van der Waals surface area (Å²) in [6.07, 6.45) is -0.796. The van der Waals surface area contributed by atoms with Gasteiger partial charge in [0.25, 0.3) is 0 Å². The second-order valence-corrected chi connectivity index (χ2v) is 4.15. The van der Waals surface area contributed by atoms with Gasteiger partial charge in [-0.15, -0.1) is 0 Å². The minimum absolute atomic E-state index is 0.0577. The van der Waals surface area contributed by atoms with Crippen molar-refractivity contribution < 1.29 is 19.8 Å². The Bertz CT molecular complexity index is 290. The number of halogens is 2. The maximum absolute atomic E-state index is 11.0. The Labute approximate surface area is 96.8 Å². The average Bonchev–Trinajstić information content (AvgIpc) is 1.99. The molecule has 0 amide bonds. The van der Waals surface area contributed by atoms with E-state index in [0.29, 0.717) is 0 Å². The third-order valence-corrected chi connectivity index (χ3v) is 2.07. The third kappa shape index (κ3) is 3.57. The maximum Gasteiger partial charge on any atom is 0.321 e. The quantitative estimate of drug-likeness (QED) is 0.713. The molecule has 4 nitrogen and oxygen atoms in total. The molecule has 0 aromatic heterocycles. The molecule has 0 bridgehead atoms. The van der Waals surface area contributed by atoms with Crippen LogP contribution < -0.4 is 0 Å². The van der Waals surface area contributed by atoms with Gasteiger partial charge in [-0.25, -0.2) is 0 Å². The van der Waals surface area contributed by atoms with E-state index < -0.39 is 30.2 Å². The molecule has 0 aromatic carbocycles. The van der Waals surface area contributed by atoms with Crippen LogP contribution in [0, 0.1) is 5.41 Å². The van der Waals surface area contributed by atoms with Crippen molar-refractivity contribution in [2.75, 3.05) is 0 Å². The SMILES string of the molecule is C=C(Cl)CC(CC(=C)Cl)(C(=O)O)C(=O)O. The molecule has 0 fully saturated rings. The summed E-state index contributed by atoms with van der Waals surface area (Å²) in [5.74, 6) is -3.03. The normalized spacial score (nSPS) is 10.8. The minimum atomic E-state index is -2.09. The Kier molecular flexibility index (Phi) is 4.84. The van der Waals surface area contributed by atoms with Crippen LogP contribution in [0.4, 0.5) is 0 Å². The van der Waals surface area contributed by atoms with Crippen LogP contribution in [0.3, 0.4) is 0 Å². The number of rotatable bonds is 6. The standard InChI is InChI=1S/C9H10Cl2O4/c1-5(10)3-9(7(12)13,8(14)15)4-6(2)11/h1-4H2,(H,12,13)(H,14,15). The predicted octanol–water partition coefficient (Wildman–Crippen LogP) is 2.43. The van der Waals surface area contributed by atoms with Crippen LogP contribution >= 0.6 is 23.2 Å². The number of hydrogen-bond acceptors (Lipinski definition) is 2. The first kappa shape index (κ1) is 14.0. The Balaban J connectivity index is 5.26. The molecule has 0 unspecified atom stereocenters. The van der Waals surface area contributed by atoms with E-state index in [-0.39, 0.29) is 10.1 Å². The van der Waals surface area contributed by atoms with Crippen molar-refractivity contribution in [3.63, 3.8) is 0 Å². The monoisotopic (exact) mass is 252 g/mol. The molecule has 0 rings (SSSR count). The summed E-state index contributed by atoms with van der Waals surface area (Å²) in [7, 11) is 0. The molecule has 0 radical (unpaired) electrons. The van der Waals surface area contributed by atoms with Crippen molar-refractivity contribution in [1.82, 2.24) is 0 Å². The summed E-state index contributed by atoms with van der Waals surface area (Å²) in [4.78, 5) is 21.9. The first-order valence-corrected chi connectivity index (χ1v) is 4.61. The molecule has 0 aliphatic rings. The van der Waals surface area contributed by atoms with Crippen LogP contribution in [0.1, 0.15) is 12.8 Å². The Morgan fingerprint density at radius 1 is 1.00 bits per heavy atom. The largest absolute Gasteiger partial charge is 0.480 e. The highest BCUT2D eigenvalue weighted by molar-refractivity contribution is 6.30. The van der Waals surface area contributed by atoms with Crippen LogP contribution in [0.15, 0.2) is 23.2 Å². The second-order valence-electron chi connectivity index (χ2n) is 3.08. The Morgan fingerprint density at radius 3 is 1.40 bits per heavy atom. The zero-order chi connectivity index (χ0) is 12.2. The number of carbonyl (C=O) groups is 2. The molecule has 0 aliphatic carbocycles. The van der Waals surface area contributed by atoms with Crippen LogP contribution in [0.2, 0.25) is 0 Å². The molecule has 0 saturated heterocycles. The molecule has 84 valence electrons. The molecule has 6 heteroatoms. The van der Waals surface area contributed by atoms with Crippen molar-refractivity contribution >= 4 is 35.1 Å². The van der Waals surface area contributed by atoms with E-state index in [2.05, 4.69) is 13.2 Å². The first-order valence-electron chi connectivity index (χ1n) is 3.85. The summed E-state index contributed by atoms with van der Waals surface area (Å²) in [6, 6.07) is 0. The van der Waals surface area contributed by atoms with E-state index >= 15 is 0 Å². The molecule has 0 spiro atoms. The molecule has 0 saturated carbocycles. The zero-order valence-corrected chi connectivity index (χ0v) is 9.31. The lowest BCUT2D eigenvalue weighted by molar-refractivity contribution is -0.164. The third-order valence-electron chi connectivity index (χ3n) is 1.81. The summed E-state index contributed by atoms with van der Waals surface area (Å²) >= 11 is 10.9. The Morgan fingerprint density at radius 2 is 1.27 bits per heavy atom. The fourth-order valence-corrected chi connectivity index (χ4v) is 1.57. The number of carboxylic acids is 2. The summed E-state index contributed by atoms with van der Waals surface area (Å²) in [5, 5.41) is 17.7. The number of allylic oxidation sites excluding steroid dienone is 2. The molecular formula is C9H10Cl2O4. The molecule has 15 heavy (non-hydrogen) atoms. The van der Waals surface area contributed by atoms with E-state index in [4.69, 9.17) is 33.4 Å². The fraction of sp³-hybridized carbons (Fsp3) is 0.333. The topological polar surface area (TPSA) is 74.6 Å². The second kappa shape index (κ2) is 5.19. The van der Waals surface area contributed by atoms with Crippen molar-refractivity contribution in [2.45, 2.75) is 12.8 Å². The lowest BCUT2D eigenvalue weighted by Crippen LogP contribution is -2.39. The van der Waals surface area contributed by atoms with Gasteiger partial charge in [-0.3, -0.25) is 9.59 Å². The van der Waals surface area contributed by atoms with Gasteiger partial charge in [0.1, 0.15) is 0 Å². The van der Waals surface area contributed by atoms with E-state index in [1.54, 1.807) is 0 Å². The van der Waals surface area contributed by atoms with Gasteiger partial charge in [0, 0.05) is 22.9 Å². The van der Waals surface area contributed by atoms with Crippen molar-refractivity contribution in [3.8, 4) is 0 Å². The zero-order valence-electron chi connectivity index (χ0n) is 7.80. The smallest absolute Gasteiger partial charge is 0.321 e. The highest BCUT2D eigenvalue weighted by Crippen LogP contribution is 2.35. The number of hydrogen-bond donors (Lipinski definition) is 2.